The first-order valence-electron chi connectivity index (χ1n) is 4.38. The maximum absolute atomic E-state index is 11.1. The van der Waals surface area contributed by atoms with Crippen LogP contribution in [0.15, 0.2) is 0 Å². The number of rotatable bonds is 5. The van der Waals surface area contributed by atoms with Crippen molar-refractivity contribution < 1.29 is 4.79 Å². The van der Waals surface area contributed by atoms with Crippen LogP contribution in [0.25, 0.3) is 0 Å². The molecule has 14 heavy (non-hydrogen) atoms. The summed E-state index contributed by atoms with van der Waals surface area (Å²) in [6, 6.07) is 1.94. The summed E-state index contributed by atoms with van der Waals surface area (Å²) in [5.74, 6) is 2.37. The number of carbonyl (C=O) groups excluding carboxylic acids is 1. The van der Waals surface area contributed by atoms with E-state index in [1.807, 2.05) is 19.9 Å². The fourth-order valence-electron chi connectivity index (χ4n) is 0.673. The van der Waals surface area contributed by atoms with Crippen LogP contribution in [0, 0.1) is 23.7 Å². The van der Waals surface area contributed by atoms with E-state index in [4.69, 9.17) is 11.7 Å². The van der Waals surface area contributed by atoms with Crippen LogP contribution in [0.1, 0.15) is 20.3 Å². The smallest absolute Gasteiger partial charge is 0.234 e. The normalized spacial score (nSPS) is 10.0. The summed E-state index contributed by atoms with van der Waals surface area (Å²) < 4.78 is 0. The predicted molar refractivity (Wildman–Crippen MR) is 54.2 cm³/mol. The molecule has 0 heterocycles. The molecule has 0 aliphatic heterocycles. The molecule has 1 amide bonds. The van der Waals surface area contributed by atoms with Crippen molar-refractivity contribution in [2.75, 3.05) is 13.1 Å². The van der Waals surface area contributed by atoms with E-state index in [0.717, 1.165) is 0 Å². The van der Waals surface area contributed by atoms with Crippen LogP contribution in [0.5, 0.6) is 0 Å². The highest BCUT2D eigenvalue weighted by Gasteiger charge is 2.13. The van der Waals surface area contributed by atoms with E-state index in [-0.39, 0.29) is 12.5 Å². The number of terminal acetylenes is 1. The van der Waals surface area contributed by atoms with Crippen molar-refractivity contribution >= 4 is 5.91 Å². The van der Waals surface area contributed by atoms with Crippen LogP contribution in [0.4, 0.5) is 0 Å². The van der Waals surface area contributed by atoms with Crippen LogP contribution in [0.2, 0.25) is 0 Å². The van der Waals surface area contributed by atoms with Gasteiger partial charge in [-0.3, -0.25) is 10.1 Å². The predicted octanol–water partition coefficient (Wildman–Crippen LogP) is 0.0177. The maximum atomic E-state index is 11.1. The molecule has 4 heteroatoms. The van der Waals surface area contributed by atoms with Crippen molar-refractivity contribution in [2.45, 2.75) is 25.8 Å². The van der Waals surface area contributed by atoms with E-state index in [1.54, 1.807) is 0 Å². The molecule has 0 aromatic carbocycles. The largest absolute Gasteiger partial charge is 0.354 e. The van der Waals surface area contributed by atoms with Crippen molar-refractivity contribution in [1.29, 1.82) is 5.26 Å². The topological polar surface area (TPSA) is 64.9 Å². The molecule has 0 unspecified atom stereocenters. The molecule has 0 radical (unpaired) electrons. The summed E-state index contributed by atoms with van der Waals surface area (Å²) in [6.07, 6.45) is 5.55. The van der Waals surface area contributed by atoms with Crippen LogP contribution in [0.3, 0.4) is 0 Å². The molecule has 0 atom stereocenters. The van der Waals surface area contributed by atoms with E-state index < -0.39 is 5.54 Å². The fourth-order valence-corrected chi connectivity index (χ4v) is 0.673. The summed E-state index contributed by atoms with van der Waals surface area (Å²) in [4.78, 5) is 11.1. The highest BCUT2D eigenvalue weighted by atomic mass is 16.1. The molecule has 0 saturated carbocycles. The Morgan fingerprint density at radius 2 is 2.21 bits per heavy atom. The summed E-state index contributed by atoms with van der Waals surface area (Å²) in [6.45, 7) is 4.18. The van der Waals surface area contributed by atoms with E-state index in [0.29, 0.717) is 13.0 Å². The first-order valence-corrected chi connectivity index (χ1v) is 4.38. The van der Waals surface area contributed by atoms with Crippen LogP contribution in [-0.4, -0.2) is 24.5 Å². The van der Waals surface area contributed by atoms with Gasteiger partial charge in [0.05, 0.1) is 24.6 Å². The van der Waals surface area contributed by atoms with Gasteiger partial charge in [0.15, 0.2) is 0 Å². The maximum Gasteiger partial charge on any atom is 0.234 e. The molecule has 0 aliphatic rings. The zero-order valence-electron chi connectivity index (χ0n) is 8.55. The van der Waals surface area contributed by atoms with Gasteiger partial charge in [0.2, 0.25) is 5.91 Å². The number of hydrogen-bond acceptors (Lipinski definition) is 3. The molecule has 0 aromatic rings. The third-order valence-corrected chi connectivity index (χ3v) is 1.61. The lowest BCUT2D eigenvalue weighted by Crippen LogP contribution is -2.44. The molecule has 0 aliphatic carbocycles. The fraction of sp³-hybridized carbons (Fsp3) is 0.600. The highest BCUT2D eigenvalue weighted by molar-refractivity contribution is 5.78. The number of amides is 1. The summed E-state index contributed by atoms with van der Waals surface area (Å²) >= 11 is 0. The van der Waals surface area contributed by atoms with Gasteiger partial charge in [0, 0.05) is 6.54 Å². The van der Waals surface area contributed by atoms with Crippen molar-refractivity contribution in [3.8, 4) is 18.4 Å². The van der Waals surface area contributed by atoms with Crippen molar-refractivity contribution in [3.63, 3.8) is 0 Å². The Kier molecular flexibility index (Phi) is 5.36. The summed E-state index contributed by atoms with van der Waals surface area (Å²) in [5, 5.41) is 13.7. The second-order valence-electron chi connectivity index (χ2n) is 3.38. The minimum Gasteiger partial charge on any atom is -0.354 e. The van der Waals surface area contributed by atoms with Gasteiger partial charge in [0.1, 0.15) is 0 Å². The third kappa shape index (κ3) is 6.05. The van der Waals surface area contributed by atoms with Crippen LogP contribution >= 0.6 is 0 Å². The number of carbonyl (C=O) groups is 1. The molecule has 0 fully saturated rings. The van der Waals surface area contributed by atoms with Gasteiger partial charge in [-0.1, -0.05) is 5.92 Å². The molecule has 76 valence electrons. The summed E-state index contributed by atoms with van der Waals surface area (Å²) in [7, 11) is 0. The van der Waals surface area contributed by atoms with Gasteiger partial charge >= 0.3 is 0 Å². The first-order chi connectivity index (χ1) is 6.52. The second kappa shape index (κ2) is 6.01. The minimum atomic E-state index is -0.480. The highest BCUT2D eigenvalue weighted by Crippen LogP contribution is 1.96. The molecule has 0 bridgehead atoms. The minimum absolute atomic E-state index is 0.149. The Bertz CT molecular complexity index is 270. The molecular formula is C10H15N3O. The lowest BCUT2D eigenvalue weighted by atomic mass is 10.1. The standard InChI is InChI=1S/C10H15N3O/c1-4-10(2,3)13-8-9(14)12-7-5-6-11/h1,13H,5,7-8H2,2-3H3,(H,12,14). The van der Waals surface area contributed by atoms with Gasteiger partial charge in [-0.05, 0) is 13.8 Å². The molecule has 0 aromatic heterocycles. The van der Waals surface area contributed by atoms with Crippen molar-refractivity contribution in [2.24, 2.45) is 0 Å². The summed E-state index contributed by atoms with van der Waals surface area (Å²) in [5.41, 5.74) is -0.480. The Morgan fingerprint density at radius 3 is 2.71 bits per heavy atom. The van der Waals surface area contributed by atoms with Gasteiger partial charge in [-0.15, -0.1) is 6.42 Å². The zero-order chi connectivity index (χ0) is 11.0. The van der Waals surface area contributed by atoms with E-state index in [9.17, 15) is 4.79 Å². The van der Waals surface area contributed by atoms with E-state index in [2.05, 4.69) is 16.6 Å². The number of nitriles is 1. The Hall–Kier alpha value is -1.52. The zero-order valence-corrected chi connectivity index (χ0v) is 8.55. The van der Waals surface area contributed by atoms with Gasteiger partial charge in [-0.25, -0.2) is 0 Å². The molecule has 0 saturated heterocycles. The lowest BCUT2D eigenvalue weighted by molar-refractivity contribution is -0.120. The first kappa shape index (κ1) is 12.5. The molecule has 0 spiro atoms. The second-order valence-corrected chi connectivity index (χ2v) is 3.38. The van der Waals surface area contributed by atoms with Crippen LogP contribution < -0.4 is 10.6 Å². The molecular weight excluding hydrogens is 178 g/mol. The molecule has 2 N–H and O–H groups in total. The Balaban J connectivity index is 3.66. The molecule has 0 rings (SSSR count). The molecule has 4 nitrogen and oxygen atoms in total. The lowest BCUT2D eigenvalue weighted by Gasteiger charge is -2.18. The average Bonchev–Trinajstić information content (AvgIpc) is 2.16. The van der Waals surface area contributed by atoms with E-state index in [1.165, 1.54) is 0 Å². The number of hydrogen-bond donors (Lipinski definition) is 2. The van der Waals surface area contributed by atoms with Gasteiger partial charge in [0.25, 0.3) is 0 Å². The monoisotopic (exact) mass is 193 g/mol. The van der Waals surface area contributed by atoms with Crippen LogP contribution in [-0.2, 0) is 4.79 Å². The Morgan fingerprint density at radius 1 is 1.57 bits per heavy atom. The average molecular weight is 193 g/mol. The third-order valence-electron chi connectivity index (χ3n) is 1.61. The van der Waals surface area contributed by atoms with Gasteiger partial charge < -0.3 is 5.32 Å². The SMILES string of the molecule is C#CC(C)(C)NCC(=O)NCCC#N. The number of nitrogens with one attached hydrogen (secondary N) is 2. The number of nitrogens with zero attached hydrogens (tertiary/aromatic N) is 1. The van der Waals surface area contributed by atoms with Crippen molar-refractivity contribution in [3.05, 3.63) is 0 Å². The Labute approximate surface area is 84.7 Å². The quantitative estimate of drug-likeness (QED) is 0.478. The van der Waals surface area contributed by atoms with Crippen molar-refractivity contribution in [1.82, 2.24) is 10.6 Å². The van der Waals surface area contributed by atoms with E-state index >= 15 is 0 Å². The van der Waals surface area contributed by atoms with Gasteiger partial charge in [-0.2, -0.15) is 5.26 Å².